The van der Waals surface area contributed by atoms with Crippen LogP contribution in [0.1, 0.15) is 18.1 Å². The van der Waals surface area contributed by atoms with Crippen molar-refractivity contribution in [3.8, 4) is 11.5 Å². The molecule has 0 fully saturated rings. The van der Waals surface area contributed by atoms with Crippen LogP contribution in [0.5, 0.6) is 11.5 Å². The van der Waals surface area contributed by atoms with Gasteiger partial charge in [0.25, 0.3) is 0 Å². The number of ether oxygens (including phenoxy) is 2. The smallest absolute Gasteiger partial charge is 0.126 e. The Morgan fingerprint density at radius 3 is 3.06 bits per heavy atom. The number of hydrogen-bond donors (Lipinski definition) is 0. The van der Waals surface area contributed by atoms with E-state index in [1.165, 1.54) is 5.56 Å². The molecule has 2 nitrogen and oxygen atoms in total. The Kier molecular flexibility index (Phi) is 3.54. The van der Waals surface area contributed by atoms with E-state index in [2.05, 4.69) is 35.0 Å². The van der Waals surface area contributed by atoms with Gasteiger partial charge in [-0.25, -0.2) is 0 Å². The highest BCUT2D eigenvalue weighted by Gasteiger charge is 2.20. The molecule has 1 aromatic carbocycles. The molecule has 0 bridgehead atoms. The highest BCUT2D eigenvalue weighted by molar-refractivity contribution is 9.09. The van der Waals surface area contributed by atoms with E-state index in [0.29, 0.717) is 0 Å². The molecular formula is C13H15BrO2. The lowest BCUT2D eigenvalue weighted by atomic mass is 10.1. The number of methoxy groups -OCH3 is 1. The van der Waals surface area contributed by atoms with Crippen molar-refractivity contribution in [2.45, 2.75) is 19.4 Å². The van der Waals surface area contributed by atoms with Crippen LogP contribution < -0.4 is 9.47 Å². The summed E-state index contributed by atoms with van der Waals surface area (Å²) in [6.07, 6.45) is 5.33. The molecule has 0 amide bonds. The fourth-order valence-corrected chi connectivity index (χ4v) is 2.12. The van der Waals surface area contributed by atoms with E-state index in [4.69, 9.17) is 9.47 Å². The minimum absolute atomic E-state index is 0.273. The van der Waals surface area contributed by atoms with Gasteiger partial charge in [0.2, 0.25) is 0 Å². The average Bonchev–Trinajstić information content (AvgIpc) is 2.63. The van der Waals surface area contributed by atoms with Gasteiger partial charge in [0.1, 0.15) is 17.6 Å². The van der Waals surface area contributed by atoms with Gasteiger partial charge in [0, 0.05) is 22.9 Å². The van der Waals surface area contributed by atoms with Gasteiger partial charge in [0.15, 0.2) is 0 Å². The number of rotatable bonds is 3. The molecule has 2 rings (SSSR count). The molecule has 0 radical (unpaired) electrons. The monoisotopic (exact) mass is 282 g/mol. The molecule has 1 aliphatic rings. The molecule has 1 atom stereocenters. The maximum absolute atomic E-state index is 5.73. The van der Waals surface area contributed by atoms with Gasteiger partial charge in [-0.15, -0.1) is 0 Å². The molecule has 1 aromatic rings. The lowest BCUT2D eigenvalue weighted by Gasteiger charge is -2.08. The third kappa shape index (κ3) is 2.24. The first-order chi connectivity index (χ1) is 7.74. The summed E-state index contributed by atoms with van der Waals surface area (Å²) in [6, 6.07) is 4.13. The Morgan fingerprint density at radius 2 is 2.38 bits per heavy atom. The Labute approximate surface area is 104 Å². The van der Waals surface area contributed by atoms with E-state index >= 15 is 0 Å². The molecule has 0 aromatic heterocycles. The molecule has 1 unspecified atom stereocenters. The number of fused-ring (bicyclic) bond motifs is 1. The summed E-state index contributed by atoms with van der Waals surface area (Å²) in [5.41, 5.74) is 2.30. The normalized spacial score (nSPS) is 18.6. The third-order valence-electron chi connectivity index (χ3n) is 2.63. The van der Waals surface area contributed by atoms with Crippen molar-refractivity contribution in [3.63, 3.8) is 0 Å². The molecule has 1 heterocycles. The predicted octanol–water partition coefficient (Wildman–Crippen LogP) is 3.43. The first-order valence-corrected chi connectivity index (χ1v) is 6.47. The fourth-order valence-electron chi connectivity index (χ4n) is 1.93. The lowest BCUT2D eigenvalue weighted by Crippen LogP contribution is -2.05. The maximum Gasteiger partial charge on any atom is 0.126 e. The van der Waals surface area contributed by atoms with Crippen LogP contribution in [0.15, 0.2) is 18.2 Å². The number of benzene rings is 1. The molecule has 0 spiro atoms. The molecule has 0 saturated carbocycles. The highest BCUT2D eigenvalue weighted by atomic mass is 79.9. The average molecular weight is 283 g/mol. The van der Waals surface area contributed by atoms with Crippen molar-refractivity contribution in [2.24, 2.45) is 0 Å². The zero-order valence-electron chi connectivity index (χ0n) is 9.50. The second kappa shape index (κ2) is 4.91. The summed E-state index contributed by atoms with van der Waals surface area (Å²) in [4.78, 5) is 0. The van der Waals surface area contributed by atoms with Crippen molar-refractivity contribution in [1.29, 1.82) is 0 Å². The highest BCUT2D eigenvalue weighted by Crippen LogP contribution is 2.35. The van der Waals surface area contributed by atoms with Gasteiger partial charge < -0.3 is 9.47 Å². The summed E-state index contributed by atoms with van der Waals surface area (Å²) in [5.74, 6) is 1.90. The standard InChI is InChI=1S/C13H15BrO2/c1-9-6-11-8-12(15-2)10(4-3-5-14)7-13(11)16-9/h3-4,7-9H,5-6H2,1-2H3/b4-3+. The molecule has 0 N–H and O–H groups in total. The molecule has 16 heavy (non-hydrogen) atoms. The molecule has 0 aliphatic carbocycles. The Balaban J connectivity index is 2.38. The zero-order chi connectivity index (χ0) is 11.5. The lowest BCUT2D eigenvalue weighted by molar-refractivity contribution is 0.254. The summed E-state index contributed by atoms with van der Waals surface area (Å²) < 4.78 is 11.1. The van der Waals surface area contributed by atoms with Crippen LogP contribution in [0.25, 0.3) is 6.08 Å². The topological polar surface area (TPSA) is 18.5 Å². The van der Waals surface area contributed by atoms with E-state index < -0.39 is 0 Å². The van der Waals surface area contributed by atoms with Gasteiger partial charge in [-0.2, -0.15) is 0 Å². The molecular weight excluding hydrogens is 268 g/mol. The predicted molar refractivity (Wildman–Crippen MR) is 69.6 cm³/mol. The van der Waals surface area contributed by atoms with Crippen molar-refractivity contribution < 1.29 is 9.47 Å². The summed E-state index contributed by atoms with van der Waals surface area (Å²) in [7, 11) is 1.70. The third-order valence-corrected chi connectivity index (χ3v) is 3.01. The quantitative estimate of drug-likeness (QED) is 0.791. The van der Waals surface area contributed by atoms with Crippen LogP contribution in [-0.4, -0.2) is 18.5 Å². The number of halogens is 1. The van der Waals surface area contributed by atoms with Crippen LogP contribution in [0, 0.1) is 0 Å². The Bertz CT molecular complexity index is 413. The van der Waals surface area contributed by atoms with Crippen LogP contribution in [0.4, 0.5) is 0 Å². The zero-order valence-corrected chi connectivity index (χ0v) is 11.1. The summed E-state index contributed by atoms with van der Waals surface area (Å²) in [6.45, 7) is 2.08. The van der Waals surface area contributed by atoms with Crippen molar-refractivity contribution in [1.82, 2.24) is 0 Å². The molecule has 3 heteroatoms. The first-order valence-electron chi connectivity index (χ1n) is 5.34. The van der Waals surface area contributed by atoms with Crippen LogP contribution >= 0.6 is 15.9 Å². The number of allylic oxidation sites excluding steroid dienone is 1. The van der Waals surface area contributed by atoms with Crippen molar-refractivity contribution >= 4 is 22.0 Å². The molecule has 0 saturated heterocycles. The van der Waals surface area contributed by atoms with E-state index in [-0.39, 0.29) is 6.10 Å². The minimum atomic E-state index is 0.273. The summed E-state index contributed by atoms with van der Waals surface area (Å²) >= 11 is 3.37. The fraction of sp³-hybridized carbons (Fsp3) is 0.385. The van der Waals surface area contributed by atoms with Gasteiger partial charge in [-0.05, 0) is 19.1 Å². The van der Waals surface area contributed by atoms with Crippen molar-refractivity contribution in [2.75, 3.05) is 12.4 Å². The van der Waals surface area contributed by atoms with E-state index in [0.717, 1.165) is 28.8 Å². The first kappa shape index (κ1) is 11.5. The minimum Gasteiger partial charge on any atom is -0.496 e. The maximum atomic E-state index is 5.73. The SMILES string of the molecule is COc1cc2c(cc1/C=C/CBr)OC(C)C2. The van der Waals surface area contributed by atoms with Crippen LogP contribution in [0.2, 0.25) is 0 Å². The van der Waals surface area contributed by atoms with E-state index in [1.54, 1.807) is 7.11 Å². The van der Waals surface area contributed by atoms with E-state index in [1.807, 2.05) is 12.2 Å². The Morgan fingerprint density at radius 1 is 1.56 bits per heavy atom. The largest absolute Gasteiger partial charge is 0.496 e. The molecule has 86 valence electrons. The van der Waals surface area contributed by atoms with Crippen molar-refractivity contribution in [3.05, 3.63) is 29.3 Å². The van der Waals surface area contributed by atoms with Crippen LogP contribution in [0.3, 0.4) is 0 Å². The van der Waals surface area contributed by atoms with Gasteiger partial charge in [0.05, 0.1) is 7.11 Å². The van der Waals surface area contributed by atoms with Gasteiger partial charge >= 0.3 is 0 Å². The number of alkyl halides is 1. The van der Waals surface area contributed by atoms with Gasteiger partial charge in [-0.3, -0.25) is 0 Å². The molecule has 1 aliphatic heterocycles. The second-order valence-corrected chi connectivity index (χ2v) is 4.54. The summed E-state index contributed by atoms with van der Waals surface area (Å²) in [5, 5.41) is 0.838. The second-order valence-electron chi connectivity index (χ2n) is 3.89. The van der Waals surface area contributed by atoms with Gasteiger partial charge in [-0.1, -0.05) is 28.1 Å². The number of hydrogen-bond acceptors (Lipinski definition) is 2. The van der Waals surface area contributed by atoms with E-state index in [9.17, 15) is 0 Å². The Hall–Kier alpha value is -0.960. The van der Waals surface area contributed by atoms with Crippen LogP contribution in [-0.2, 0) is 6.42 Å².